The molecular formula is C28H37F3N6O3. The number of hydrogen-bond donors (Lipinski definition) is 2. The second-order valence-electron chi connectivity index (χ2n) is 11.8. The van der Waals surface area contributed by atoms with E-state index >= 15 is 0 Å². The SMILES string of the molecule is C[C@@H]1CN2N=C(N3CCC(C)(NC(=O)OC(C)(C)C)CC3)C=C(C(=O)N[C@H](C)c3cccc(C(F)F)c3F)C2=N1. The molecular weight excluding hydrogens is 525 g/mol. The van der Waals surface area contributed by atoms with E-state index in [1.165, 1.54) is 12.1 Å². The number of hydrogen-bond acceptors (Lipinski definition) is 7. The molecule has 0 unspecified atom stereocenters. The minimum Gasteiger partial charge on any atom is -0.444 e. The average molecular weight is 563 g/mol. The van der Waals surface area contributed by atoms with Gasteiger partial charge in [0.25, 0.3) is 12.3 Å². The maximum atomic E-state index is 14.7. The van der Waals surface area contributed by atoms with E-state index < -0.39 is 47.0 Å². The van der Waals surface area contributed by atoms with Gasteiger partial charge in [0.1, 0.15) is 17.3 Å². The first-order valence-electron chi connectivity index (χ1n) is 13.5. The van der Waals surface area contributed by atoms with E-state index in [4.69, 9.17) is 9.84 Å². The zero-order valence-electron chi connectivity index (χ0n) is 23.7. The molecule has 0 saturated carbocycles. The van der Waals surface area contributed by atoms with Crippen molar-refractivity contribution in [2.24, 2.45) is 10.1 Å². The van der Waals surface area contributed by atoms with Crippen LogP contribution in [0.2, 0.25) is 0 Å². The molecule has 2 N–H and O–H groups in total. The van der Waals surface area contributed by atoms with Crippen LogP contribution >= 0.6 is 0 Å². The second-order valence-corrected chi connectivity index (χ2v) is 11.8. The number of rotatable bonds is 5. The molecule has 1 fully saturated rings. The number of hydrazone groups is 1. The molecule has 40 heavy (non-hydrogen) atoms. The van der Waals surface area contributed by atoms with E-state index in [-0.39, 0.29) is 17.2 Å². The first kappa shape index (κ1) is 29.4. The van der Waals surface area contributed by atoms with Crippen LogP contribution in [-0.4, -0.2) is 70.4 Å². The fourth-order valence-electron chi connectivity index (χ4n) is 4.95. The Labute approximate surface area is 232 Å². The van der Waals surface area contributed by atoms with Crippen molar-refractivity contribution in [3.8, 4) is 0 Å². The Morgan fingerprint density at radius 3 is 2.45 bits per heavy atom. The summed E-state index contributed by atoms with van der Waals surface area (Å²) in [5.74, 6) is -0.546. The van der Waals surface area contributed by atoms with Crippen LogP contribution in [0.3, 0.4) is 0 Å². The third kappa shape index (κ3) is 6.59. The Balaban J connectivity index is 1.49. The molecule has 1 saturated heterocycles. The van der Waals surface area contributed by atoms with Crippen molar-refractivity contribution in [3.63, 3.8) is 0 Å². The van der Waals surface area contributed by atoms with E-state index in [0.717, 1.165) is 6.07 Å². The number of aliphatic imine (C=N–C) groups is 1. The lowest BCUT2D eigenvalue weighted by atomic mass is 9.89. The first-order chi connectivity index (χ1) is 18.7. The second kappa shape index (κ2) is 11.1. The van der Waals surface area contributed by atoms with Gasteiger partial charge in [-0.15, -0.1) is 0 Å². The molecule has 2 atom stereocenters. The highest BCUT2D eigenvalue weighted by Crippen LogP contribution is 2.29. The lowest BCUT2D eigenvalue weighted by Crippen LogP contribution is -2.55. The number of nitrogens with one attached hydrogen (secondary N) is 2. The Bertz CT molecular complexity index is 1250. The molecule has 9 nitrogen and oxygen atoms in total. The normalized spacial score (nSPS) is 21.2. The van der Waals surface area contributed by atoms with Crippen LogP contribution in [-0.2, 0) is 9.53 Å². The third-order valence-electron chi connectivity index (χ3n) is 7.11. The number of alkyl halides is 2. The summed E-state index contributed by atoms with van der Waals surface area (Å²) in [4.78, 5) is 32.4. The minimum atomic E-state index is -2.96. The van der Waals surface area contributed by atoms with E-state index in [0.29, 0.717) is 44.1 Å². The van der Waals surface area contributed by atoms with E-state index in [9.17, 15) is 22.8 Å². The van der Waals surface area contributed by atoms with E-state index in [1.54, 1.807) is 18.0 Å². The standard InChI is InChI=1S/C28H37F3N6O3/c1-16-15-37-24(32-16)20(25(38)33-17(2)18-8-7-9-19(22(18)29)23(30)31)14-21(35-37)36-12-10-28(6,11-13-36)34-26(39)40-27(3,4)5/h7-9,14,16-17,23H,10-13,15H2,1-6H3,(H,33,38)(H,34,39)/t16-,17-/m1/s1. The Kier molecular flexibility index (Phi) is 8.18. The fourth-order valence-corrected chi connectivity index (χ4v) is 4.95. The molecule has 12 heteroatoms. The minimum absolute atomic E-state index is 0.0251. The molecule has 1 aromatic carbocycles. The zero-order chi connectivity index (χ0) is 29.4. The summed E-state index contributed by atoms with van der Waals surface area (Å²) < 4.78 is 46.5. The quantitative estimate of drug-likeness (QED) is 0.543. The van der Waals surface area contributed by atoms with Crippen LogP contribution < -0.4 is 10.6 Å². The Morgan fingerprint density at radius 2 is 1.82 bits per heavy atom. The molecule has 3 heterocycles. The highest BCUT2D eigenvalue weighted by Gasteiger charge is 2.37. The molecule has 218 valence electrons. The lowest BCUT2D eigenvalue weighted by Gasteiger charge is -2.41. The van der Waals surface area contributed by atoms with Gasteiger partial charge >= 0.3 is 6.09 Å². The number of carbonyl (C=O) groups excluding carboxylic acids is 2. The Morgan fingerprint density at radius 1 is 1.18 bits per heavy atom. The maximum Gasteiger partial charge on any atom is 0.408 e. The third-order valence-corrected chi connectivity index (χ3v) is 7.11. The highest BCUT2D eigenvalue weighted by atomic mass is 19.3. The van der Waals surface area contributed by atoms with Gasteiger partial charge in [0.05, 0.1) is 29.8 Å². The Hall–Kier alpha value is -3.57. The van der Waals surface area contributed by atoms with Gasteiger partial charge in [-0.25, -0.2) is 23.0 Å². The van der Waals surface area contributed by atoms with Gasteiger partial charge in [0.15, 0.2) is 5.84 Å². The predicted molar refractivity (Wildman–Crippen MR) is 146 cm³/mol. The molecule has 0 aromatic heterocycles. The monoisotopic (exact) mass is 562 g/mol. The zero-order valence-corrected chi connectivity index (χ0v) is 23.7. The number of benzene rings is 1. The van der Waals surface area contributed by atoms with Crippen LogP contribution in [0.25, 0.3) is 0 Å². The van der Waals surface area contributed by atoms with Gasteiger partial charge < -0.3 is 20.3 Å². The van der Waals surface area contributed by atoms with E-state index in [2.05, 4.69) is 15.6 Å². The number of nitrogens with zero attached hydrogens (tertiary/aromatic N) is 4. The predicted octanol–water partition coefficient (Wildman–Crippen LogP) is 4.68. The maximum absolute atomic E-state index is 14.7. The van der Waals surface area contributed by atoms with Crippen LogP contribution in [0, 0.1) is 5.82 Å². The van der Waals surface area contributed by atoms with Crippen molar-refractivity contribution in [1.82, 2.24) is 20.5 Å². The molecule has 0 spiro atoms. The topological polar surface area (TPSA) is 98.6 Å². The molecule has 3 aliphatic heterocycles. The van der Waals surface area contributed by atoms with Crippen molar-refractivity contribution < 1.29 is 27.5 Å². The van der Waals surface area contributed by atoms with Crippen LogP contribution in [0.5, 0.6) is 0 Å². The number of ether oxygens (including phenoxy) is 1. The van der Waals surface area contributed by atoms with Gasteiger partial charge in [-0.3, -0.25) is 9.79 Å². The molecule has 0 aliphatic carbocycles. The summed E-state index contributed by atoms with van der Waals surface area (Å²) in [7, 11) is 0. The molecule has 4 rings (SSSR count). The number of halogens is 3. The van der Waals surface area contributed by atoms with E-state index in [1.807, 2.05) is 39.5 Å². The van der Waals surface area contributed by atoms with Crippen LogP contribution in [0.4, 0.5) is 18.0 Å². The summed E-state index contributed by atoms with van der Waals surface area (Å²) in [6, 6.07) is 2.81. The number of fused-ring (bicyclic) bond motifs is 1. The lowest BCUT2D eigenvalue weighted by molar-refractivity contribution is -0.117. The summed E-state index contributed by atoms with van der Waals surface area (Å²) in [6.45, 7) is 12.5. The van der Waals surface area contributed by atoms with Crippen molar-refractivity contribution in [2.45, 2.75) is 84.0 Å². The molecule has 2 amide bonds. The smallest absolute Gasteiger partial charge is 0.408 e. The summed E-state index contributed by atoms with van der Waals surface area (Å²) in [6.07, 6.45) is -0.500. The van der Waals surface area contributed by atoms with Crippen molar-refractivity contribution in [2.75, 3.05) is 19.6 Å². The van der Waals surface area contributed by atoms with Gasteiger partial charge in [-0.1, -0.05) is 18.2 Å². The first-order valence-corrected chi connectivity index (χ1v) is 13.5. The van der Waals surface area contributed by atoms with Gasteiger partial charge in [-0.05, 0) is 60.5 Å². The van der Waals surface area contributed by atoms with Gasteiger partial charge in [0.2, 0.25) is 0 Å². The van der Waals surface area contributed by atoms with Gasteiger partial charge in [-0.2, -0.15) is 5.10 Å². The molecule has 3 aliphatic rings. The number of likely N-dealkylation sites (tertiary alicyclic amines) is 1. The molecule has 0 bridgehead atoms. The number of amides is 2. The summed E-state index contributed by atoms with van der Waals surface area (Å²) in [5, 5.41) is 12.1. The highest BCUT2D eigenvalue weighted by molar-refractivity contribution is 6.25. The largest absolute Gasteiger partial charge is 0.444 e. The number of amidine groups is 2. The summed E-state index contributed by atoms with van der Waals surface area (Å²) in [5.41, 5.74) is -1.52. The van der Waals surface area contributed by atoms with Crippen LogP contribution in [0.1, 0.15) is 78.0 Å². The number of carbonyl (C=O) groups is 2. The number of piperidine rings is 1. The van der Waals surface area contributed by atoms with Gasteiger partial charge in [0, 0.05) is 24.2 Å². The number of alkyl carbamates (subject to hydrolysis) is 1. The average Bonchev–Trinajstić information content (AvgIpc) is 3.22. The van der Waals surface area contributed by atoms with Crippen molar-refractivity contribution in [1.29, 1.82) is 0 Å². The summed E-state index contributed by atoms with van der Waals surface area (Å²) >= 11 is 0. The van der Waals surface area contributed by atoms with Crippen molar-refractivity contribution in [3.05, 3.63) is 46.8 Å². The van der Waals surface area contributed by atoms with Crippen molar-refractivity contribution >= 4 is 23.7 Å². The molecule has 1 aromatic rings. The fraction of sp³-hybridized carbons (Fsp3) is 0.571. The molecule has 0 radical (unpaired) electrons. The van der Waals surface area contributed by atoms with Crippen LogP contribution in [0.15, 0.2) is 39.9 Å².